The van der Waals surface area contributed by atoms with Gasteiger partial charge in [-0.25, -0.2) is 0 Å². The van der Waals surface area contributed by atoms with Crippen LogP contribution in [0.1, 0.15) is 16.7 Å². The first-order chi connectivity index (χ1) is 6.61. The molecule has 1 aromatic carbocycles. The van der Waals surface area contributed by atoms with Gasteiger partial charge in [0, 0.05) is 0 Å². The second-order valence-corrected chi connectivity index (χ2v) is 3.91. The average Bonchev–Trinajstić information content (AvgIpc) is 2.15. The lowest BCUT2D eigenvalue weighted by Crippen LogP contribution is -2.02. The maximum atomic E-state index is 5.41. The van der Waals surface area contributed by atoms with Gasteiger partial charge in [-0.15, -0.1) is 0 Å². The number of ether oxygens (including phenoxy) is 1. The van der Waals surface area contributed by atoms with Crippen LogP contribution in [0, 0.1) is 20.8 Å². The summed E-state index contributed by atoms with van der Waals surface area (Å²) < 4.78 is 5.41. The minimum Gasteiger partial charge on any atom is -0.494 e. The van der Waals surface area contributed by atoms with Crippen molar-refractivity contribution in [1.29, 1.82) is 0 Å². The van der Waals surface area contributed by atoms with E-state index in [9.17, 15) is 0 Å². The van der Waals surface area contributed by atoms with E-state index in [1.165, 1.54) is 16.7 Å². The predicted molar refractivity (Wildman–Crippen MR) is 64.6 cm³/mol. The molecule has 78 valence electrons. The van der Waals surface area contributed by atoms with E-state index in [2.05, 4.69) is 48.1 Å². The van der Waals surface area contributed by atoms with E-state index in [1.807, 2.05) is 0 Å². The van der Waals surface area contributed by atoms with Crippen molar-refractivity contribution in [2.45, 2.75) is 20.8 Å². The molecular formula is C11H16BrNO. The summed E-state index contributed by atoms with van der Waals surface area (Å²) in [5, 5.41) is 3.26. The second kappa shape index (κ2) is 4.69. The molecule has 0 unspecified atom stereocenters. The maximum Gasteiger partial charge on any atom is 0.145 e. The fourth-order valence-corrected chi connectivity index (χ4v) is 1.87. The van der Waals surface area contributed by atoms with E-state index < -0.39 is 0 Å². The van der Waals surface area contributed by atoms with Gasteiger partial charge in [-0.1, -0.05) is 22.0 Å². The van der Waals surface area contributed by atoms with Crippen molar-refractivity contribution in [3.8, 4) is 5.75 Å². The first-order valence-electron chi connectivity index (χ1n) is 4.56. The number of hydrogen-bond donors (Lipinski definition) is 1. The van der Waals surface area contributed by atoms with E-state index >= 15 is 0 Å². The van der Waals surface area contributed by atoms with Gasteiger partial charge >= 0.3 is 0 Å². The Bertz CT molecular complexity index is 337. The van der Waals surface area contributed by atoms with Crippen molar-refractivity contribution in [3.63, 3.8) is 0 Å². The molecule has 1 rings (SSSR count). The van der Waals surface area contributed by atoms with Gasteiger partial charge in [-0.05, 0) is 37.5 Å². The van der Waals surface area contributed by atoms with Crippen molar-refractivity contribution in [3.05, 3.63) is 22.8 Å². The number of alkyl halides is 1. The van der Waals surface area contributed by atoms with E-state index in [1.54, 1.807) is 7.11 Å². The van der Waals surface area contributed by atoms with Gasteiger partial charge in [0.25, 0.3) is 0 Å². The smallest absolute Gasteiger partial charge is 0.145 e. The minimum absolute atomic E-state index is 0.729. The number of hydrogen-bond acceptors (Lipinski definition) is 2. The van der Waals surface area contributed by atoms with Crippen molar-refractivity contribution in [2.24, 2.45) is 0 Å². The Morgan fingerprint density at radius 3 is 2.43 bits per heavy atom. The summed E-state index contributed by atoms with van der Waals surface area (Å²) in [6.45, 7) is 6.26. The molecule has 14 heavy (non-hydrogen) atoms. The Balaban J connectivity index is 3.31. The van der Waals surface area contributed by atoms with Gasteiger partial charge in [0.1, 0.15) is 5.75 Å². The number of aryl methyl sites for hydroxylation is 2. The molecule has 0 bridgehead atoms. The second-order valence-electron chi connectivity index (χ2n) is 3.35. The summed E-state index contributed by atoms with van der Waals surface area (Å²) in [4.78, 5) is 0. The lowest BCUT2D eigenvalue weighted by molar-refractivity contribution is 0.413. The third kappa shape index (κ3) is 2.03. The van der Waals surface area contributed by atoms with Gasteiger partial charge in [0.15, 0.2) is 0 Å². The van der Waals surface area contributed by atoms with Crippen LogP contribution >= 0.6 is 15.9 Å². The van der Waals surface area contributed by atoms with Crippen LogP contribution in [0.15, 0.2) is 6.07 Å². The summed E-state index contributed by atoms with van der Waals surface area (Å²) in [5.41, 5.74) is 5.48. The lowest BCUT2D eigenvalue weighted by atomic mass is 10.0. The van der Waals surface area contributed by atoms with Crippen molar-refractivity contribution < 1.29 is 4.74 Å². The third-order valence-electron chi connectivity index (χ3n) is 2.43. The van der Waals surface area contributed by atoms with Gasteiger partial charge in [0.2, 0.25) is 0 Å². The molecule has 0 saturated heterocycles. The molecule has 0 radical (unpaired) electrons. The number of benzene rings is 1. The molecule has 0 spiro atoms. The highest BCUT2D eigenvalue weighted by atomic mass is 79.9. The minimum atomic E-state index is 0.729. The van der Waals surface area contributed by atoms with Crippen LogP contribution in [-0.4, -0.2) is 12.6 Å². The highest BCUT2D eigenvalue weighted by Gasteiger charge is 2.10. The number of nitrogens with one attached hydrogen (secondary N) is 1. The lowest BCUT2D eigenvalue weighted by Gasteiger charge is -2.16. The van der Waals surface area contributed by atoms with Crippen molar-refractivity contribution >= 4 is 21.6 Å². The summed E-state index contributed by atoms with van der Waals surface area (Å²) in [7, 11) is 1.71. The summed E-state index contributed by atoms with van der Waals surface area (Å²) in [6, 6.07) is 2.17. The predicted octanol–water partition coefficient (Wildman–Crippen LogP) is 3.38. The Morgan fingerprint density at radius 1 is 1.29 bits per heavy atom. The largest absolute Gasteiger partial charge is 0.494 e. The standard InChI is InChI=1S/C11H16BrNO/c1-7-5-8(2)10(13-6-12)11(14-4)9(7)3/h5,13H,6H2,1-4H3. The fraction of sp³-hybridized carbons (Fsp3) is 0.455. The number of halogens is 1. The van der Waals surface area contributed by atoms with Crippen molar-refractivity contribution in [2.75, 3.05) is 17.9 Å². The molecule has 0 aliphatic heterocycles. The highest BCUT2D eigenvalue weighted by Crippen LogP contribution is 2.34. The molecule has 0 saturated carbocycles. The molecule has 0 heterocycles. The summed E-state index contributed by atoms with van der Waals surface area (Å²) >= 11 is 3.36. The topological polar surface area (TPSA) is 21.3 Å². The Kier molecular flexibility index (Phi) is 3.81. The Morgan fingerprint density at radius 2 is 1.93 bits per heavy atom. The van der Waals surface area contributed by atoms with Crippen LogP contribution in [0.5, 0.6) is 5.75 Å². The molecule has 0 aliphatic carbocycles. The Hall–Kier alpha value is -0.700. The quantitative estimate of drug-likeness (QED) is 0.662. The molecule has 1 N–H and O–H groups in total. The first kappa shape index (κ1) is 11.4. The van der Waals surface area contributed by atoms with Crippen LogP contribution in [-0.2, 0) is 0 Å². The van der Waals surface area contributed by atoms with Crippen LogP contribution < -0.4 is 10.1 Å². The van der Waals surface area contributed by atoms with Crippen LogP contribution in [0.2, 0.25) is 0 Å². The zero-order chi connectivity index (χ0) is 10.7. The van der Waals surface area contributed by atoms with E-state index in [0.29, 0.717) is 0 Å². The van der Waals surface area contributed by atoms with Gasteiger partial charge < -0.3 is 10.1 Å². The molecule has 1 aromatic rings. The van der Waals surface area contributed by atoms with E-state index in [4.69, 9.17) is 4.74 Å². The zero-order valence-electron chi connectivity index (χ0n) is 9.07. The van der Waals surface area contributed by atoms with Gasteiger partial charge in [-0.3, -0.25) is 0 Å². The maximum absolute atomic E-state index is 5.41. The van der Waals surface area contributed by atoms with Crippen LogP contribution in [0.4, 0.5) is 5.69 Å². The summed E-state index contributed by atoms with van der Waals surface area (Å²) in [6.07, 6.45) is 0. The van der Waals surface area contributed by atoms with E-state index in [0.717, 1.165) is 16.9 Å². The molecule has 0 aliphatic rings. The molecule has 0 fully saturated rings. The number of anilines is 1. The van der Waals surface area contributed by atoms with Crippen LogP contribution in [0.3, 0.4) is 0 Å². The van der Waals surface area contributed by atoms with Gasteiger partial charge in [-0.2, -0.15) is 0 Å². The molecule has 3 heteroatoms. The SMILES string of the molecule is COc1c(C)c(C)cc(C)c1NCBr. The van der Waals surface area contributed by atoms with Gasteiger partial charge in [0.05, 0.1) is 18.3 Å². The zero-order valence-corrected chi connectivity index (χ0v) is 10.7. The molecular weight excluding hydrogens is 242 g/mol. The Labute approximate surface area is 93.8 Å². The normalized spacial score (nSPS) is 10.1. The molecule has 0 atom stereocenters. The number of methoxy groups -OCH3 is 1. The average molecular weight is 258 g/mol. The highest BCUT2D eigenvalue weighted by molar-refractivity contribution is 9.09. The van der Waals surface area contributed by atoms with Crippen LogP contribution in [0.25, 0.3) is 0 Å². The molecule has 2 nitrogen and oxygen atoms in total. The third-order valence-corrected chi connectivity index (χ3v) is 2.71. The fourth-order valence-electron chi connectivity index (χ4n) is 1.59. The van der Waals surface area contributed by atoms with E-state index in [-0.39, 0.29) is 0 Å². The monoisotopic (exact) mass is 257 g/mol. The molecule has 0 amide bonds. The van der Waals surface area contributed by atoms with Crippen molar-refractivity contribution in [1.82, 2.24) is 0 Å². The molecule has 0 aromatic heterocycles. The number of rotatable bonds is 3. The first-order valence-corrected chi connectivity index (χ1v) is 5.68. The summed E-state index contributed by atoms with van der Waals surface area (Å²) in [5.74, 6) is 0.946.